The maximum atomic E-state index is 11.9. The highest BCUT2D eigenvalue weighted by Gasteiger charge is 2.05. The van der Waals surface area contributed by atoms with E-state index in [2.05, 4.69) is 16.0 Å². The third kappa shape index (κ3) is 6.22. The normalized spacial score (nSPS) is 10.3. The Kier molecular flexibility index (Phi) is 6.77. The van der Waals surface area contributed by atoms with Gasteiger partial charge >= 0.3 is 0 Å². The molecule has 1 aromatic carbocycles. The van der Waals surface area contributed by atoms with Crippen LogP contribution in [-0.4, -0.2) is 25.5 Å². The van der Waals surface area contributed by atoms with E-state index in [1.54, 1.807) is 17.4 Å². The molecule has 0 saturated carbocycles. The number of hydrogen-bond donors (Lipinski definition) is 2. The molecule has 0 unspecified atom stereocenters. The molecule has 0 radical (unpaired) electrons. The van der Waals surface area contributed by atoms with Gasteiger partial charge in [-0.2, -0.15) is 11.3 Å². The van der Waals surface area contributed by atoms with Crippen molar-refractivity contribution in [2.75, 3.05) is 19.0 Å². The summed E-state index contributed by atoms with van der Waals surface area (Å²) < 4.78 is 4.77. The summed E-state index contributed by atoms with van der Waals surface area (Å²) in [4.78, 5) is 23.3. The van der Waals surface area contributed by atoms with Crippen molar-refractivity contribution in [2.45, 2.75) is 19.4 Å². The third-order valence-electron chi connectivity index (χ3n) is 3.20. The molecule has 0 aliphatic heterocycles. The van der Waals surface area contributed by atoms with Crippen molar-refractivity contribution >= 4 is 28.8 Å². The topological polar surface area (TPSA) is 67.4 Å². The standard InChI is InChI=1S/C17H20N2O3S/c1-22-11-17(21)19-15-4-2-3-14(9-15)10-18-16(20)6-5-13-7-8-23-12-13/h2-4,7-9,12H,5-6,10-11H2,1H3,(H,18,20)(H,19,21). The Morgan fingerprint density at radius 1 is 1.17 bits per heavy atom. The first-order valence-electron chi connectivity index (χ1n) is 7.33. The van der Waals surface area contributed by atoms with E-state index in [1.807, 2.05) is 29.6 Å². The third-order valence-corrected chi connectivity index (χ3v) is 3.93. The predicted molar refractivity (Wildman–Crippen MR) is 91.4 cm³/mol. The van der Waals surface area contributed by atoms with Gasteiger partial charge in [0.15, 0.2) is 0 Å². The number of amides is 2. The number of rotatable bonds is 8. The minimum absolute atomic E-state index is 0.0174. The van der Waals surface area contributed by atoms with Crippen molar-refractivity contribution in [2.24, 2.45) is 0 Å². The zero-order valence-electron chi connectivity index (χ0n) is 13.0. The summed E-state index contributed by atoms with van der Waals surface area (Å²) in [6.07, 6.45) is 1.23. The van der Waals surface area contributed by atoms with Gasteiger partial charge in [0, 0.05) is 25.8 Å². The Labute approximate surface area is 139 Å². The van der Waals surface area contributed by atoms with E-state index in [1.165, 1.54) is 12.7 Å². The van der Waals surface area contributed by atoms with Crippen LogP contribution in [0.3, 0.4) is 0 Å². The first-order chi connectivity index (χ1) is 11.2. The summed E-state index contributed by atoms with van der Waals surface area (Å²) in [6, 6.07) is 9.42. The first-order valence-corrected chi connectivity index (χ1v) is 8.27. The zero-order valence-corrected chi connectivity index (χ0v) is 13.8. The molecule has 6 heteroatoms. The van der Waals surface area contributed by atoms with E-state index in [-0.39, 0.29) is 18.4 Å². The van der Waals surface area contributed by atoms with Crippen LogP contribution >= 0.6 is 11.3 Å². The molecule has 0 atom stereocenters. The Morgan fingerprint density at radius 3 is 2.78 bits per heavy atom. The van der Waals surface area contributed by atoms with Crippen LogP contribution in [0.25, 0.3) is 0 Å². The summed E-state index contributed by atoms with van der Waals surface area (Å²) >= 11 is 1.64. The molecule has 0 fully saturated rings. The summed E-state index contributed by atoms with van der Waals surface area (Å²) in [5.41, 5.74) is 2.81. The fourth-order valence-electron chi connectivity index (χ4n) is 2.07. The molecule has 0 saturated heterocycles. The highest BCUT2D eigenvalue weighted by molar-refractivity contribution is 7.07. The molecule has 0 aliphatic rings. The van der Waals surface area contributed by atoms with Gasteiger partial charge in [-0.1, -0.05) is 12.1 Å². The zero-order chi connectivity index (χ0) is 16.5. The number of nitrogens with one attached hydrogen (secondary N) is 2. The molecule has 122 valence electrons. The first kappa shape index (κ1) is 17.2. The van der Waals surface area contributed by atoms with Gasteiger partial charge in [-0.25, -0.2) is 0 Å². The summed E-state index contributed by atoms with van der Waals surface area (Å²) in [7, 11) is 1.47. The number of carbonyl (C=O) groups excluding carboxylic acids is 2. The number of aryl methyl sites for hydroxylation is 1. The van der Waals surface area contributed by atoms with Crippen LogP contribution < -0.4 is 10.6 Å². The lowest BCUT2D eigenvalue weighted by molar-refractivity contribution is -0.121. The van der Waals surface area contributed by atoms with Crippen molar-refractivity contribution in [3.8, 4) is 0 Å². The van der Waals surface area contributed by atoms with Crippen molar-refractivity contribution in [3.63, 3.8) is 0 Å². The highest BCUT2D eigenvalue weighted by Crippen LogP contribution is 2.11. The Balaban J connectivity index is 1.78. The van der Waals surface area contributed by atoms with E-state index < -0.39 is 0 Å². The fourth-order valence-corrected chi connectivity index (χ4v) is 2.77. The van der Waals surface area contributed by atoms with E-state index in [0.717, 1.165) is 12.0 Å². The molecule has 1 aromatic heterocycles. The van der Waals surface area contributed by atoms with Crippen molar-refractivity contribution in [3.05, 3.63) is 52.2 Å². The molecule has 0 aliphatic carbocycles. The minimum atomic E-state index is -0.204. The molecule has 23 heavy (non-hydrogen) atoms. The lowest BCUT2D eigenvalue weighted by atomic mass is 10.1. The van der Waals surface area contributed by atoms with Gasteiger partial charge in [-0.15, -0.1) is 0 Å². The molecular formula is C17H20N2O3S. The van der Waals surface area contributed by atoms with Crippen LogP contribution in [0.1, 0.15) is 17.5 Å². The van der Waals surface area contributed by atoms with Crippen molar-refractivity contribution < 1.29 is 14.3 Å². The maximum Gasteiger partial charge on any atom is 0.250 e. The van der Waals surface area contributed by atoms with Crippen LogP contribution in [0.2, 0.25) is 0 Å². The van der Waals surface area contributed by atoms with Gasteiger partial charge < -0.3 is 15.4 Å². The van der Waals surface area contributed by atoms with Gasteiger partial charge in [0.25, 0.3) is 0 Å². The average Bonchev–Trinajstić information content (AvgIpc) is 3.05. The smallest absolute Gasteiger partial charge is 0.250 e. The number of hydrogen-bond acceptors (Lipinski definition) is 4. The van der Waals surface area contributed by atoms with E-state index in [4.69, 9.17) is 4.74 Å². The van der Waals surface area contributed by atoms with E-state index >= 15 is 0 Å². The Bertz CT molecular complexity index is 641. The molecule has 2 N–H and O–H groups in total. The van der Waals surface area contributed by atoms with Gasteiger partial charge in [-0.3, -0.25) is 9.59 Å². The monoisotopic (exact) mass is 332 g/mol. The number of anilines is 1. The summed E-state index contributed by atoms with van der Waals surface area (Å²) in [5, 5.41) is 9.70. The molecule has 0 bridgehead atoms. The molecule has 5 nitrogen and oxygen atoms in total. The lowest BCUT2D eigenvalue weighted by Gasteiger charge is -2.08. The van der Waals surface area contributed by atoms with Crippen LogP contribution in [0.15, 0.2) is 41.1 Å². The summed E-state index contributed by atoms with van der Waals surface area (Å²) in [6.45, 7) is 0.458. The molecule has 1 heterocycles. The van der Waals surface area contributed by atoms with E-state index in [9.17, 15) is 9.59 Å². The van der Waals surface area contributed by atoms with Crippen LogP contribution in [-0.2, 0) is 27.3 Å². The van der Waals surface area contributed by atoms with Gasteiger partial charge in [0.05, 0.1) is 0 Å². The Hall–Kier alpha value is -2.18. The van der Waals surface area contributed by atoms with Crippen molar-refractivity contribution in [1.29, 1.82) is 0 Å². The van der Waals surface area contributed by atoms with Crippen molar-refractivity contribution in [1.82, 2.24) is 5.32 Å². The Morgan fingerprint density at radius 2 is 2.04 bits per heavy atom. The largest absolute Gasteiger partial charge is 0.375 e. The number of thiophene rings is 1. The molecular weight excluding hydrogens is 312 g/mol. The second-order valence-corrected chi connectivity index (χ2v) is 5.87. The molecule has 2 rings (SSSR count). The predicted octanol–water partition coefficient (Wildman–Crippen LogP) is 2.58. The molecule has 0 spiro atoms. The maximum absolute atomic E-state index is 11.9. The average molecular weight is 332 g/mol. The van der Waals surface area contributed by atoms with Gasteiger partial charge in [-0.05, 0) is 46.5 Å². The SMILES string of the molecule is COCC(=O)Nc1cccc(CNC(=O)CCc2ccsc2)c1. The second kappa shape index (κ2) is 9.07. The van der Waals surface area contributed by atoms with Crippen LogP contribution in [0, 0.1) is 0 Å². The number of benzene rings is 1. The molecule has 2 amide bonds. The van der Waals surface area contributed by atoms with Crippen LogP contribution in [0.4, 0.5) is 5.69 Å². The summed E-state index contributed by atoms with van der Waals surface area (Å²) in [5.74, 6) is -0.186. The number of carbonyl (C=O) groups is 2. The quantitative estimate of drug-likeness (QED) is 0.781. The minimum Gasteiger partial charge on any atom is -0.375 e. The second-order valence-electron chi connectivity index (χ2n) is 5.09. The van der Waals surface area contributed by atoms with E-state index in [0.29, 0.717) is 18.7 Å². The fraction of sp³-hybridized carbons (Fsp3) is 0.294. The van der Waals surface area contributed by atoms with Gasteiger partial charge in [0.2, 0.25) is 11.8 Å². The number of methoxy groups -OCH3 is 1. The van der Waals surface area contributed by atoms with Gasteiger partial charge in [0.1, 0.15) is 6.61 Å². The highest BCUT2D eigenvalue weighted by atomic mass is 32.1. The number of ether oxygens (including phenoxy) is 1. The van der Waals surface area contributed by atoms with Crippen LogP contribution in [0.5, 0.6) is 0 Å². The molecule has 2 aromatic rings. The lowest BCUT2D eigenvalue weighted by Crippen LogP contribution is -2.23.